The molecule has 2 atom stereocenters. The summed E-state index contributed by atoms with van der Waals surface area (Å²) in [6.45, 7) is 1.45. The zero-order chi connectivity index (χ0) is 15.9. The van der Waals surface area contributed by atoms with Gasteiger partial charge in [-0.05, 0) is 43.8 Å². The first-order valence-corrected chi connectivity index (χ1v) is 8.46. The highest BCUT2D eigenvalue weighted by atomic mass is 127. The Morgan fingerprint density at radius 3 is 2.87 bits per heavy atom. The average Bonchev–Trinajstić information content (AvgIpc) is 3.01. The minimum absolute atomic E-state index is 0. The highest BCUT2D eigenvalue weighted by Crippen LogP contribution is 2.36. The summed E-state index contributed by atoms with van der Waals surface area (Å²) in [5, 5.41) is 7.94. The molecule has 1 fully saturated rings. The number of aliphatic imine (C=N–C) groups is 1. The molecule has 8 heteroatoms. The Morgan fingerprint density at radius 1 is 1.48 bits per heavy atom. The van der Waals surface area contributed by atoms with Gasteiger partial charge in [0.2, 0.25) is 0 Å². The molecule has 1 saturated heterocycles. The van der Waals surface area contributed by atoms with E-state index in [9.17, 15) is 8.78 Å². The minimum atomic E-state index is -2.38. The topological polar surface area (TPSA) is 39.7 Å². The second-order valence-corrected chi connectivity index (χ2v) is 6.55. The largest absolute Gasteiger partial charge is 0.356 e. The summed E-state index contributed by atoms with van der Waals surface area (Å²) in [6.07, 6.45) is -0.0854. The third-order valence-electron chi connectivity index (χ3n) is 4.02. The van der Waals surface area contributed by atoms with Gasteiger partial charge in [-0.3, -0.25) is 9.89 Å². The van der Waals surface area contributed by atoms with E-state index in [2.05, 4.69) is 45.1 Å². The molecule has 2 N–H and O–H groups in total. The molecule has 0 saturated carbocycles. The maximum atomic E-state index is 12.3. The molecule has 0 aliphatic carbocycles. The fraction of sp³-hybridized carbons (Fsp3) is 0.667. The van der Waals surface area contributed by atoms with Crippen LogP contribution in [0.2, 0.25) is 0 Å². The second kappa shape index (κ2) is 10.4. The molecule has 0 spiro atoms. The highest BCUT2D eigenvalue weighted by molar-refractivity contribution is 14.0. The quantitative estimate of drug-likeness (QED) is 0.405. The molecule has 0 amide bonds. The molecule has 132 valence electrons. The summed E-state index contributed by atoms with van der Waals surface area (Å²) in [5.41, 5.74) is 0. The fourth-order valence-corrected chi connectivity index (χ4v) is 3.99. The fourth-order valence-electron chi connectivity index (χ4n) is 3.00. The highest BCUT2D eigenvalue weighted by Gasteiger charge is 2.31. The molecule has 0 aromatic carbocycles. The van der Waals surface area contributed by atoms with Gasteiger partial charge in [-0.2, -0.15) is 0 Å². The first-order chi connectivity index (χ1) is 10.6. The van der Waals surface area contributed by atoms with Crippen molar-refractivity contribution in [2.75, 3.05) is 33.7 Å². The van der Waals surface area contributed by atoms with E-state index >= 15 is 0 Å². The van der Waals surface area contributed by atoms with Crippen LogP contribution in [0.5, 0.6) is 0 Å². The first-order valence-electron chi connectivity index (χ1n) is 7.58. The van der Waals surface area contributed by atoms with Crippen LogP contribution in [0.15, 0.2) is 22.5 Å². The first kappa shape index (κ1) is 20.6. The van der Waals surface area contributed by atoms with Gasteiger partial charge < -0.3 is 10.6 Å². The van der Waals surface area contributed by atoms with Gasteiger partial charge in [0.1, 0.15) is 0 Å². The van der Waals surface area contributed by atoms with Crippen LogP contribution in [0, 0.1) is 5.92 Å². The number of alkyl halides is 2. The summed E-state index contributed by atoms with van der Waals surface area (Å²) >= 11 is 1.78. The number of halogens is 3. The smallest absolute Gasteiger partial charge is 0.255 e. The molecular formula is C15H25F2IN4S. The van der Waals surface area contributed by atoms with Crippen LogP contribution in [0.3, 0.4) is 0 Å². The van der Waals surface area contributed by atoms with Crippen molar-refractivity contribution in [2.24, 2.45) is 10.9 Å². The van der Waals surface area contributed by atoms with Crippen LogP contribution in [0.1, 0.15) is 23.8 Å². The van der Waals surface area contributed by atoms with E-state index in [0.717, 1.165) is 25.9 Å². The number of nitrogens with one attached hydrogen (secondary N) is 2. The molecule has 1 aromatic heterocycles. The number of piperidine rings is 1. The molecule has 2 rings (SSSR count). The van der Waals surface area contributed by atoms with Crippen molar-refractivity contribution in [3.8, 4) is 0 Å². The summed E-state index contributed by atoms with van der Waals surface area (Å²) in [4.78, 5) is 7.75. The van der Waals surface area contributed by atoms with Gasteiger partial charge in [-0.15, -0.1) is 35.3 Å². The Kier molecular flexibility index (Phi) is 9.30. The lowest BCUT2D eigenvalue weighted by molar-refractivity contribution is 0.125. The summed E-state index contributed by atoms with van der Waals surface area (Å²) in [7, 11) is 3.75. The number of guanidine groups is 1. The molecule has 4 nitrogen and oxygen atoms in total. The number of rotatable bonds is 5. The Bertz CT molecular complexity index is 470. The number of thiophene rings is 1. The van der Waals surface area contributed by atoms with E-state index in [1.165, 1.54) is 4.88 Å². The summed E-state index contributed by atoms with van der Waals surface area (Å²) in [6, 6.07) is 4.64. The van der Waals surface area contributed by atoms with E-state index in [4.69, 9.17) is 0 Å². The van der Waals surface area contributed by atoms with Crippen molar-refractivity contribution in [2.45, 2.75) is 25.3 Å². The Balaban J connectivity index is 0.00000264. The Hall–Kier alpha value is -0.480. The molecule has 2 unspecified atom stereocenters. The third kappa shape index (κ3) is 6.15. The number of hydrogen-bond acceptors (Lipinski definition) is 3. The van der Waals surface area contributed by atoms with E-state index in [1.807, 2.05) is 0 Å². The van der Waals surface area contributed by atoms with Gasteiger partial charge in [0.05, 0.1) is 6.54 Å². The second-order valence-electron chi connectivity index (χ2n) is 5.57. The summed E-state index contributed by atoms with van der Waals surface area (Å²) < 4.78 is 24.5. The maximum absolute atomic E-state index is 12.3. The van der Waals surface area contributed by atoms with Crippen LogP contribution >= 0.6 is 35.3 Å². The van der Waals surface area contributed by atoms with Crippen molar-refractivity contribution in [1.82, 2.24) is 15.5 Å². The monoisotopic (exact) mass is 458 g/mol. The van der Waals surface area contributed by atoms with Gasteiger partial charge in [0.15, 0.2) is 5.96 Å². The van der Waals surface area contributed by atoms with Crippen LogP contribution in [0.25, 0.3) is 0 Å². The van der Waals surface area contributed by atoms with Gasteiger partial charge in [0, 0.05) is 24.5 Å². The van der Waals surface area contributed by atoms with Crippen LogP contribution in [-0.2, 0) is 0 Å². The molecule has 23 heavy (non-hydrogen) atoms. The predicted molar refractivity (Wildman–Crippen MR) is 103 cm³/mol. The zero-order valence-corrected chi connectivity index (χ0v) is 16.6. The lowest BCUT2D eigenvalue weighted by atomic mass is 9.88. The van der Waals surface area contributed by atoms with Crippen molar-refractivity contribution in [3.05, 3.63) is 22.4 Å². The molecule has 0 bridgehead atoms. The van der Waals surface area contributed by atoms with E-state index < -0.39 is 6.43 Å². The normalized spacial score (nSPS) is 22.7. The molecule has 1 aromatic rings. The van der Waals surface area contributed by atoms with Crippen LogP contribution in [-0.4, -0.2) is 51.0 Å². The number of likely N-dealkylation sites (tertiary alicyclic amines) is 1. The average molecular weight is 458 g/mol. The van der Waals surface area contributed by atoms with E-state index in [-0.39, 0.29) is 30.5 Å². The SMILES string of the molecule is CN=C(NCC(F)F)NCC1CCCN(C)C1c1cccs1.I. The van der Waals surface area contributed by atoms with Gasteiger partial charge in [-0.25, -0.2) is 8.78 Å². The maximum Gasteiger partial charge on any atom is 0.255 e. The van der Waals surface area contributed by atoms with Crippen LogP contribution in [0.4, 0.5) is 8.78 Å². The van der Waals surface area contributed by atoms with Crippen molar-refractivity contribution in [3.63, 3.8) is 0 Å². The van der Waals surface area contributed by atoms with Crippen LogP contribution < -0.4 is 10.6 Å². The molecule has 1 aliphatic heterocycles. The lowest BCUT2D eigenvalue weighted by Crippen LogP contribution is -2.45. The summed E-state index contributed by atoms with van der Waals surface area (Å²) in [5.74, 6) is 0.890. The molecular weight excluding hydrogens is 433 g/mol. The molecule has 2 heterocycles. The lowest BCUT2D eigenvalue weighted by Gasteiger charge is -2.39. The van der Waals surface area contributed by atoms with Crippen molar-refractivity contribution in [1.29, 1.82) is 0 Å². The Morgan fingerprint density at radius 2 is 2.26 bits per heavy atom. The molecule has 1 aliphatic rings. The number of hydrogen-bond donors (Lipinski definition) is 2. The standard InChI is InChI=1S/C15H24F2N4S.HI/c1-18-15(20-10-13(16)17)19-9-11-5-3-7-21(2)14(11)12-6-4-8-22-12;/h4,6,8,11,13-14H,3,5,7,9-10H2,1-2H3,(H2,18,19,20);1H. The predicted octanol–water partition coefficient (Wildman–Crippen LogP) is 3.18. The van der Waals surface area contributed by atoms with E-state index in [1.54, 1.807) is 18.4 Å². The third-order valence-corrected chi connectivity index (χ3v) is 4.96. The number of nitrogens with zero attached hydrogens (tertiary/aromatic N) is 2. The zero-order valence-electron chi connectivity index (χ0n) is 13.5. The van der Waals surface area contributed by atoms with Gasteiger partial charge >= 0.3 is 0 Å². The van der Waals surface area contributed by atoms with Crippen molar-refractivity contribution < 1.29 is 8.78 Å². The van der Waals surface area contributed by atoms with E-state index in [0.29, 0.717) is 17.9 Å². The Labute approximate surface area is 157 Å². The van der Waals surface area contributed by atoms with Crippen molar-refractivity contribution >= 4 is 41.3 Å². The van der Waals surface area contributed by atoms with Gasteiger partial charge in [-0.1, -0.05) is 6.07 Å². The van der Waals surface area contributed by atoms with Gasteiger partial charge in [0.25, 0.3) is 6.43 Å². The molecule has 0 radical (unpaired) electrons. The minimum Gasteiger partial charge on any atom is -0.356 e.